The van der Waals surface area contributed by atoms with Crippen LogP contribution < -0.4 is 10.9 Å². The molecule has 1 amide bonds. The average molecular weight is 347 g/mol. The Balaban J connectivity index is 1.63. The number of rotatable bonds is 3. The molecule has 1 heterocycles. The van der Waals surface area contributed by atoms with E-state index in [0.717, 1.165) is 11.1 Å². The number of carbonyl (C=O) groups excluding carboxylic acids is 1. The Bertz CT molecular complexity index is 1010. The first-order valence-electron chi connectivity index (χ1n) is 8.36. The smallest absolute Gasteiger partial charge is 0.272 e. The molecule has 6 heteroatoms. The maximum absolute atomic E-state index is 12.7. The molecule has 2 N–H and O–H groups in total. The number of benzene rings is 2. The van der Waals surface area contributed by atoms with Crippen molar-refractivity contribution >= 4 is 5.91 Å². The van der Waals surface area contributed by atoms with Gasteiger partial charge in [0.15, 0.2) is 0 Å². The topological polar surface area (TPSA) is 84.2 Å². The van der Waals surface area contributed by atoms with E-state index in [1.165, 1.54) is 16.8 Å². The fourth-order valence-electron chi connectivity index (χ4n) is 3.25. The number of aliphatic hydroxyl groups is 1. The number of para-hydroxylation sites is 1. The van der Waals surface area contributed by atoms with Crippen LogP contribution in [-0.4, -0.2) is 26.9 Å². The van der Waals surface area contributed by atoms with Crippen molar-refractivity contribution in [3.63, 3.8) is 0 Å². The highest BCUT2D eigenvalue weighted by Gasteiger charge is 2.32. The van der Waals surface area contributed by atoms with Crippen LogP contribution in [0.5, 0.6) is 0 Å². The van der Waals surface area contributed by atoms with Gasteiger partial charge in [0.05, 0.1) is 17.8 Å². The van der Waals surface area contributed by atoms with Gasteiger partial charge >= 0.3 is 0 Å². The lowest BCUT2D eigenvalue weighted by Gasteiger charge is -2.18. The average Bonchev–Trinajstić information content (AvgIpc) is 2.98. The highest BCUT2D eigenvalue weighted by molar-refractivity contribution is 5.92. The van der Waals surface area contributed by atoms with Gasteiger partial charge in [0.2, 0.25) is 0 Å². The number of hydrogen-bond donors (Lipinski definition) is 2. The van der Waals surface area contributed by atoms with E-state index in [0.29, 0.717) is 12.1 Å². The van der Waals surface area contributed by atoms with Gasteiger partial charge in [-0.15, -0.1) is 0 Å². The molecule has 26 heavy (non-hydrogen) atoms. The Morgan fingerprint density at radius 2 is 1.77 bits per heavy atom. The molecule has 0 saturated carbocycles. The highest BCUT2D eigenvalue weighted by atomic mass is 16.3. The van der Waals surface area contributed by atoms with Gasteiger partial charge in [-0.2, -0.15) is 9.78 Å². The van der Waals surface area contributed by atoms with Crippen LogP contribution in [0.4, 0.5) is 0 Å². The van der Waals surface area contributed by atoms with Crippen LogP contribution in [0.1, 0.15) is 27.7 Å². The van der Waals surface area contributed by atoms with Crippen molar-refractivity contribution in [1.82, 2.24) is 15.1 Å². The summed E-state index contributed by atoms with van der Waals surface area (Å²) in [5.74, 6) is -0.435. The SMILES string of the molecule is O=C(NC1c2ccccc2CC1O)c1ccc(=O)n(-c2ccccc2)n1. The molecule has 0 bridgehead atoms. The number of amides is 1. The third-order valence-electron chi connectivity index (χ3n) is 4.52. The lowest BCUT2D eigenvalue weighted by atomic mass is 10.1. The summed E-state index contributed by atoms with van der Waals surface area (Å²) >= 11 is 0. The molecule has 0 spiro atoms. The first-order valence-corrected chi connectivity index (χ1v) is 8.36. The van der Waals surface area contributed by atoms with Crippen LogP contribution in [0.3, 0.4) is 0 Å². The Labute approximate surface area is 149 Å². The third-order valence-corrected chi connectivity index (χ3v) is 4.52. The quantitative estimate of drug-likeness (QED) is 0.754. The summed E-state index contributed by atoms with van der Waals surface area (Å²) in [6.07, 6.45) is -0.186. The Kier molecular flexibility index (Phi) is 4.10. The number of aromatic nitrogens is 2. The summed E-state index contributed by atoms with van der Waals surface area (Å²) in [6, 6.07) is 18.8. The molecule has 2 unspecified atom stereocenters. The lowest BCUT2D eigenvalue weighted by Crippen LogP contribution is -2.35. The molecule has 130 valence electrons. The molecule has 3 aromatic rings. The van der Waals surface area contributed by atoms with Gasteiger partial charge in [-0.05, 0) is 29.3 Å². The first-order chi connectivity index (χ1) is 12.6. The van der Waals surface area contributed by atoms with Gasteiger partial charge in [0.1, 0.15) is 5.69 Å². The van der Waals surface area contributed by atoms with E-state index in [1.54, 1.807) is 24.3 Å². The molecule has 0 fully saturated rings. The van der Waals surface area contributed by atoms with Gasteiger partial charge in [0.25, 0.3) is 11.5 Å². The Hall–Kier alpha value is -3.25. The molecule has 0 radical (unpaired) electrons. The monoisotopic (exact) mass is 347 g/mol. The third kappa shape index (κ3) is 2.91. The van der Waals surface area contributed by atoms with E-state index in [1.807, 2.05) is 30.3 Å². The second-order valence-electron chi connectivity index (χ2n) is 6.23. The maximum Gasteiger partial charge on any atom is 0.272 e. The predicted octanol–water partition coefficient (Wildman–Crippen LogP) is 1.62. The summed E-state index contributed by atoms with van der Waals surface area (Å²) in [7, 11) is 0. The number of nitrogens with zero attached hydrogens (tertiary/aromatic N) is 2. The number of carbonyl (C=O) groups is 1. The lowest BCUT2D eigenvalue weighted by molar-refractivity contribution is 0.0851. The predicted molar refractivity (Wildman–Crippen MR) is 96.2 cm³/mol. The Morgan fingerprint density at radius 1 is 1.04 bits per heavy atom. The maximum atomic E-state index is 12.7. The Morgan fingerprint density at radius 3 is 2.58 bits per heavy atom. The second kappa shape index (κ2) is 6.57. The number of hydrogen-bond acceptors (Lipinski definition) is 4. The van der Waals surface area contributed by atoms with Gasteiger partial charge < -0.3 is 10.4 Å². The molecule has 4 rings (SSSR count). The van der Waals surface area contributed by atoms with Crippen molar-refractivity contribution in [2.45, 2.75) is 18.6 Å². The van der Waals surface area contributed by atoms with Crippen LogP contribution >= 0.6 is 0 Å². The number of fused-ring (bicyclic) bond motifs is 1. The summed E-state index contributed by atoms with van der Waals surface area (Å²) in [4.78, 5) is 24.7. The minimum atomic E-state index is -0.684. The van der Waals surface area contributed by atoms with Crippen molar-refractivity contribution in [3.05, 3.63) is 93.9 Å². The van der Waals surface area contributed by atoms with Crippen molar-refractivity contribution in [3.8, 4) is 5.69 Å². The standard InChI is InChI=1S/C20H17N3O3/c24-17-12-13-6-4-5-9-15(13)19(17)21-20(26)16-10-11-18(25)23(22-16)14-7-2-1-3-8-14/h1-11,17,19,24H,12H2,(H,21,26). The molecule has 2 aromatic carbocycles. The van der Waals surface area contributed by atoms with E-state index in [9.17, 15) is 14.7 Å². The van der Waals surface area contributed by atoms with E-state index < -0.39 is 18.1 Å². The molecule has 1 aliphatic carbocycles. The molecule has 6 nitrogen and oxygen atoms in total. The van der Waals surface area contributed by atoms with Crippen LogP contribution in [0.15, 0.2) is 71.5 Å². The normalized spacial score (nSPS) is 18.3. The minimum absolute atomic E-state index is 0.116. The van der Waals surface area contributed by atoms with Gasteiger partial charge in [-0.3, -0.25) is 9.59 Å². The van der Waals surface area contributed by atoms with Gasteiger partial charge in [0, 0.05) is 12.5 Å². The van der Waals surface area contributed by atoms with Crippen molar-refractivity contribution in [2.24, 2.45) is 0 Å². The van der Waals surface area contributed by atoms with Crippen molar-refractivity contribution < 1.29 is 9.90 Å². The molecule has 1 aliphatic rings. The van der Waals surface area contributed by atoms with Crippen molar-refractivity contribution in [1.29, 1.82) is 0 Å². The zero-order chi connectivity index (χ0) is 18.1. The van der Waals surface area contributed by atoms with E-state index >= 15 is 0 Å². The largest absolute Gasteiger partial charge is 0.390 e. The van der Waals surface area contributed by atoms with Crippen LogP contribution in [0, 0.1) is 0 Å². The van der Waals surface area contributed by atoms with E-state index in [4.69, 9.17) is 0 Å². The highest BCUT2D eigenvalue weighted by Crippen LogP contribution is 2.31. The molecular formula is C20H17N3O3. The van der Waals surface area contributed by atoms with Gasteiger partial charge in [-0.1, -0.05) is 42.5 Å². The minimum Gasteiger partial charge on any atom is -0.390 e. The zero-order valence-electron chi connectivity index (χ0n) is 13.9. The fraction of sp³-hybridized carbons (Fsp3) is 0.150. The summed E-state index contributed by atoms with van der Waals surface area (Å²) in [5, 5.41) is 17.3. The summed E-state index contributed by atoms with van der Waals surface area (Å²) < 4.78 is 1.19. The molecule has 0 saturated heterocycles. The van der Waals surface area contributed by atoms with Crippen molar-refractivity contribution in [2.75, 3.05) is 0 Å². The molecule has 1 aromatic heterocycles. The second-order valence-corrected chi connectivity index (χ2v) is 6.23. The van der Waals surface area contributed by atoms with Crippen LogP contribution in [-0.2, 0) is 6.42 Å². The molecule has 0 aliphatic heterocycles. The fourth-order valence-corrected chi connectivity index (χ4v) is 3.25. The van der Waals surface area contributed by atoms with Gasteiger partial charge in [-0.25, -0.2) is 0 Å². The van der Waals surface area contributed by atoms with Crippen LogP contribution in [0.2, 0.25) is 0 Å². The zero-order valence-corrected chi connectivity index (χ0v) is 13.9. The molecular weight excluding hydrogens is 330 g/mol. The number of nitrogens with one attached hydrogen (secondary N) is 1. The molecule has 2 atom stereocenters. The summed E-state index contributed by atoms with van der Waals surface area (Å²) in [5.41, 5.74) is 2.31. The number of aliphatic hydroxyl groups excluding tert-OH is 1. The van der Waals surface area contributed by atoms with Crippen LogP contribution in [0.25, 0.3) is 5.69 Å². The first kappa shape index (κ1) is 16.2. The van der Waals surface area contributed by atoms with E-state index in [-0.39, 0.29) is 11.3 Å². The van der Waals surface area contributed by atoms with E-state index in [2.05, 4.69) is 10.4 Å². The summed E-state index contributed by atoms with van der Waals surface area (Å²) in [6.45, 7) is 0.